The van der Waals surface area contributed by atoms with Crippen LogP contribution in [0.1, 0.15) is 256 Å². The Bertz CT molecular complexity index is 2150. The van der Waals surface area contributed by atoms with E-state index < -0.39 is 11.6 Å². The fourth-order valence-corrected chi connectivity index (χ4v) is 9.32. The molecule has 2 aliphatic carbocycles. The average Bonchev–Trinajstić information content (AvgIpc) is 3.26. The van der Waals surface area contributed by atoms with Gasteiger partial charge < -0.3 is 20.4 Å². The lowest BCUT2D eigenvalue weighted by atomic mass is 9.70. The number of aromatic hydroxyl groups is 4. The number of hydrogen-bond acceptors (Lipinski definition) is 4. The Hall–Kier alpha value is -4.06. The van der Waals surface area contributed by atoms with E-state index in [1.807, 2.05) is 65.0 Å². The maximum Gasteiger partial charge on any atom is 0.165 e. The Morgan fingerprint density at radius 3 is 1.24 bits per heavy atom. The van der Waals surface area contributed by atoms with Crippen LogP contribution in [-0.4, -0.2) is 20.4 Å². The number of halogens is 2. The Balaban J connectivity index is 0.000000234. The zero-order chi connectivity index (χ0) is 49.9. The predicted molar refractivity (Wildman–Crippen MR) is 276 cm³/mol. The lowest BCUT2D eigenvalue weighted by molar-refractivity contribution is 0.303. The Morgan fingerprint density at radius 1 is 0.455 bits per heavy atom. The summed E-state index contributed by atoms with van der Waals surface area (Å²) in [6.07, 6.45) is 13.9. The molecule has 2 saturated carbocycles. The van der Waals surface area contributed by atoms with Gasteiger partial charge in [0.1, 0.15) is 11.5 Å². The molecule has 2 aliphatic rings. The number of hydrogen-bond donors (Lipinski definition) is 4. The highest BCUT2D eigenvalue weighted by Gasteiger charge is 2.34. The van der Waals surface area contributed by atoms with E-state index in [0.29, 0.717) is 28.9 Å². The highest BCUT2D eigenvalue weighted by atomic mass is 19.1. The Kier molecular flexibility index (Phi) is 20.3. The topological polar surface area (TPSA) is 80.9 Å². The molecular weight excluding hydrogens is 823 g/mol. The first-order chi connectivity index (χ1) is 30.6. The summed E-state index contributed by atoms with van der Waals surface area (Å²) in [6.45, 7) is 34.0. The summed E-state index contributed by atoms with van der Waals surface area (Å²) >= 11 is 0. The molecule has 4 N–H and O–H groups in total. The zero-order valence-corrected chi connectivity index (χ0v) is 44.1. The predicted octanol–water partition coefficient (Wildman–Crippen LogP) is 18.2. The molecule has 4 nitrogen and oxygen atoms in total. The lowest BCUT2D eigenvalue weighted by Gasteiger charge is -2.35. The lowest BCUT2D eigenvalue weighted by Crippen LogP contribution is -2.25. The van der Waals surface area contributed by atoms with Crippen LogP contribution in [0.5, 0.6) is 23.0 Å². The van der Waals surface area contributed by atoms with E-state index >= 15 is 0 Å². The summed E-state index contributed by atoms with van der Waals surface area (Å²) in [7, 11) is 0. The molecule has 0 bridgehead atoms. The van der Waals surface area contributed by atoms with Gasteiger partial charge >= 0.3 is 0 Å². The first-order valence-corrected chi connectivity index (χ1v) is 25.4. The molecule has 0 unspecified atom stereocenters. The number of phenols is 4. The van der Waals surface area contributed by atoms with Crippen molar-refractivity contribution in [2.24, 2.45) is 0 Å². The molecule has 0 aromatic heterocycles. The van der Waals surface area contributed by atoms with Crippen LogP contribution in [0.25, 0.3) is 0 Å². The fourth-order valence-electron chi connectivity index (χ4n) is 9.32. The summed E-state index contributed by atoms with van der Waals surface area (Å²) in [4.78, 5) is 0. The van der Waals surface area contributed by atoms with Crippen molar-refractivity contribution in [2.75, 3.05) is 0 Å². The van der Waals surface area contributed by atoms with Crippen molar-refractivity contribution in [1.82, 2.24) is 0 Å². The quantitative estimate of drug-likeness (QED) is 0.128. The standard InChI is InChI=1S/C16H23FO.C16H24O.C14H21FO.C14H22O/c1-11(2)12-9-13(15(18)14(17)10-12)16(3)7-5-4-6-8-16;1-12(2)13-7-8-15(17)14(11-13)16(3)9-5-4-6-10-16;1-6-14(4,5)11-7-10(9(2)3)8-12(15)13(11)16;1-6-14(4,5)12-9-11(10(2)3)7-8-13(12)15/h9-11,18H,4-8H2,1-3H3;7-8,11-12,17H,4-6,9-10H2,1-3H3;7-9,16H,6H2,1-5H3;7-10,15H,6H2,1-5H3. The maximum absolute atomic E-state index is 13.9. The Morgan fingerprint density at radius 2 is 0.803 bits per heavy atom. The molecule has 0 aliphatic heterocycles. The van der Waals surface area contributed by atoms with Crippen LogP contribution in [0.15, 0.2) is 60.7 Å². The third-order valence-corrected chi connectivity index (χ3v) is 15.3. The third kappa shape index (κ3) is 14.5. The van der Waals surface area contributed by atoms with Crippen LogP contribution >= 0.6 is 0 Å². The van der Waals surface area contributed by atoms with Crippen LogP contribution in [-0.2, 0) is 21.7 Å². The van der Waals surface area contributed by atoms with Crippen LogP contribution in [0.2, 0.25) is 0 Å². The molecule has 0 amide bonds. The second-order valence-corrected chi connectivity index (χ2v) is 22.7. The summed E-state index contributed by atoms with van der Waals surface area (Å²) in [5.41, 5.74) is 8.28. The SMILES string of the molecule is CC(C)c1cc(F)c(O)c(C2(C)CCCCC2)c1.CC(C)c1ccc(O)c(C2(C)CCCCC2)c1.CCC(C)(C)c1cc(C(C)C)cc(F)c1O.CCC(C)(C)c1cc(C(C)C)ccc1O. The van der Waals surface area contributed by atoms with Crippen molar-refractivity contribution in [3.63, 3.8) is 0 Å². The summed E-state index contributed by atoms with van der Waals surface area (Å²) in [5.74, 6) is 1.18. The molecule has 0 atom stereocenters. The molecule has 66 heavy (non-hydrogen) atoms. The van der Waals surface area contributed by atoms with Gasteiger partial charge in [-0.15, -0.1) is 0 Å². The van der Waals surface area contributed by atoms with Crippen LogP contribution < -0.4 is 0 Å². The average molecular weight is 913 g/mol. The van der Waals surface area contributed by atoms with Crippen LogP contribution in [0.4, 0.5) is 8.78 Å². The molecule has 0 heterocycles. The van der Waals surface area contributed by atoms with E-state index in [1.54, 1.807) is 0 Å². The molecule has 0 spiro atoms. The van der Waals surface area contributed by atoms with Gasteiger partial charge in [0.15, 0.2) is 23.1 Å². The summed E-state index contributed by atoms with van der Waals surface area (Å²) in [6, 6.07) is 19.0. The molecule has 0 radical (unpaired) electrons. The molecule has 6 heteroatoms. The second-order valence-electron chi connectivity index (χ2n) is 22.7. The van der Waals surface area contributed by atoms with E-state index in [4.69, 9.17) is 0 Å². The molecule has 0 saturated heterocycles. The van der Waals surface area contributed by atoms with E-state index in [9.17, 15) is 29.2 Å². The van der Waals surface area contributed by atoms with E-state index in [-0.39, 0.29) is 45.0 Å². The summed E-state index contributed by atoms with van der Waals surface area (Å²) < 4.78 is 27.5. The largest absolute Gasteiger partial charge is 0.508 e. The van der Waals surface area contributed by atoms with Crippen molar-refractivity contribution in [3.05, 3.63) is 117 Å². The smallest absolute Gasteiger partial charge is 0.165 e. The maximum atomic E-state index is 13.9. The number of rotatable bonds is 10. The number of benzene rings is 4. The summed E-state index contributed by atoms with van der Waals surface area (Å²) in [5, 5.41) is 39.9. The van der Waals surface area contributed by atoms with Crippen molar-refractivity contribution in [1.29, 1.82) is 0 Å². The molecular formula is C60H90F2O4. The molecule has 4 aromatic rings. The second kappa shape index (κ2) is 23.8. The van der Waals surface area contributed by atoms with Crippen molar-refractivity contribution in [3.8, 4) is 23.0 Å². The normalized spacial score (nSPS) is 16.0. The third-order valence-electron chi connectivity index (χ3n) is 15.3. The van der Waals surface area contributed by atoms with E-state index in [2.05, 4.69) is 94.4 Å². The van der Waals surface area contributed by atoms with Crippen molar-refractivity contribution < 1.29 is 29.2 Å². The highest BCUT2D eigenvalue weighted by Crippen LogP contribution is 2.46. The first-order valence-electron chi connectivity index (χ1n) is 25.4. The van der Waals surface area contributed by atoms with Gasteiger partial charge in [-0.25, -0.2) is 8.78 Å². The first kappa shape index (κ1) is 56.3. The van der Waals surface area contributed by atoms with Gasteiger partial charge in [0.25, 0.3) is 0 Å². The molecule has 2 fully saturated rings. The molecule has 4 aromatic carbocycles. The van der Waals surface area contributed by atoms with Gasteiger partial charge in [-0.3, -0.25) is 0 Å². The van der Waals surface area contributed by atoms with Gasteiger partial charge in [-0.2, -0.15) is 0 Å². The van der Waals surface area contributed by atoms with Gasteiger partial charge in [0.2, 0.25) is 0 Å². The van der Waals surface area contributed by atoms with Gasteiger partial charge in [-0.1, -0.05) is 186 Å². The Labute approximate surface area is 400 Å². The van der Waals surface area contributed by atoms with Gasteiger partial charge in [-0.05, 0) is 136 Å². The van der Waals surface area contributed by atoms with Gasteiger partial charge in [0.05, 0.1) is 0 Å². The fraction of sp³-hybridized carbons (Fsp3) is 0.600. The van der Waals surface area contributed by atoms with E-state index in [0.717, 1.165) is 47.9 Å². The minimum Gasteiger partial charge on any atom is -0.508 e. The minimum absolute atomic E-state index is 0.0506. The van der Waals surface area contributed by atoms with Gasteiger partial charge in [0, 0.05) is 16.7 Å². The van der Waals surface area contributed by atoms with E-state index in [1.165, 1.54) is 80.2 Å². The monoisotopic (exact) mass is 913 g/mol. The zero-order valence-electron chi connectivity index (χ0n) is 44.1. The van der Waals surface area contributed by atoms with Crippen molar-refractivity contribution in [2.45, 2.75) is 233 Å². The molecule has 368 valence electrons. The van der Waals surface area contributed by atoms with Crippen molar-refractivity contribution >= 4 is 0 Å². The molecule has 6 rings (SSSR count). The minimum atomic E-state index is -0.511. The highest BCUT2D eigenvalue weighted by molar-refractivity contribution is 5.46. The number of phenolic OH excluding ortho intramolecular Hbond substituents is 4. The van der Waals surface area contributed by atoms with Crippen LogP contribution in [0, 0.1) is 11.6 Å². The van der Waals surface area contributed by atoms with Crippen LogP contribution in [0.3, 0.4) is 0 Å².